The first-order valence-corrected chi connectivity index (χ1v) is 4.93. The number of benzene rings is 1. The molecule has 0 saturated heterocycles. The molecule has 0 heterocycles. The van der Waals surface area contributed by atoms with Crippen molar-refractivity contribution >= 4 is 34.2 Å². The topological polar surface area (TPSA) is 53.3 Å². The molecule has 0 radical (unpaired) electrons. The Morgan fingerprint density at radius 2 is 1.93 bits per heavy atom. The van der Waals surface area contributed by atoms with Crippen molar-refractivity contribution in [1.82, 2.24) is 0 Å². The number of ether oxygens (including phenoxy) is 1. The summed E-state index contributed by atoms with van der Waals surface area (Å²) in [7, 11) is 0. The molecule has 1 aromatic carbocycles. The Morgan fingerprint density at radius 1 is 1.36 bits per heavy atom. The van der Waals surface area contributed by atoms with Crippen LogP contribution in [0.2, 0.25) is 0 Å². The monoisotopic (exact) mass is 279 g/mol. The Kier molecular flexibility index (Phi) is 6.32. The standard InChI is InChI=1S/C9H10BrNO2.ClH/c10-5-6-13-9(11)7-1-3-8(12)4-2-7;/h1-4,11-12H,5-6H2;1H. The molecule has 5 heteroatoms. The number of hydrogen-bond donors (Lipinski definition) is 2. The summed E-state index contributed by atoms with van der Waals surface area (Å²) in [6, 6.07) is 6.35. The number of phenols is 1. The third-order valence-corrected chi connectivity index (χ3v) is 1.78. The van der Waals surface area contributed by atoms with E-state index in [0.717, 1.165) is 0 Å². The molecule has 0 aliphatic heterocycles. The van der Waals surface area contributed by atoms with E-state index in [-0.39, 0.29) is 24.1 Å². The maximum atomic E-state index is 9.00. The van der Waals surface area contributed by atoms with Crippen LogP contribution in [0.4, 0.5) is 0 Å². The van der Waals surface area contributed by atoms with Gasteiger partial charge in [-0.25, -0.2) is 0 Å². The molecule has 0 aromatic heterocycles. The molecule has 78 valence electrons. The molecule has 0 amide bonds. The van der Waals surface area contributed by atoms with Crippen molar-refractivity contribution in [2.24, 2.45) is 0 Å². The van der Waals surface area contributed by atoms with Gasteiger partial charge in [0.05, 0.1) is 6.61 Å². The normalized spacial score (nSPS) is 8.93. The van der Waals surface area contributed by atoms with Crippen molar-refractivity contribution in [1.29, 1.82) is 5.41 Å². The van der Waals surface area contributed by atoms with Crippen LogP contribution in [0.3, 0.4) is 0 Å². The van der Waals surface area contributed by atoms with Gasteiger partial charge >= 0.3 is 0 Å². The lowest BCUT2D eigenvalue weighted by atomic mass is 10.2. The molecular weight excluding hydrogens is 269 g/mol. The van der Waals surface area contributed by atoms with Gasteiger partial charge in [0, 0.05) is 10.9 Å². The van der Waals surface area contributed by atoms with Gasteiger partial charge in [-0.05, 0) is 24.3 Å². The van der Waals surface area contributed by atoms with Gasteiger partial charge in [-0.1, -0.05) is 15.9 Å². The molecule has 0 atom stereocenters. The van der Waals surface area contributed by atoms with Crippen LogP contribution in [0.25, 0.3) is 0 Å². The summed E-state index contributed by atoms with van der Waals surface area (Å²) in [6.07, 6.45) is 0. The third-order valence-electron chi connectivity index (χ3n) is 1.45. The highest BCUT2D eigenvalue weighted by Crippen LogP contribution is 2.10. The van der Waals surface area contributed by atoms with Crippen LogP contribution in [-0.4, -0.2) is 22.9 Å². The molecular formula is C9H11BrClNO2. The fourth-order valence-electron chi connectivity index (χ4n) is 0.837. The first kappa shape index (κ1) is 13.3. The van der Waals surface area contributed by atoms with Crippen molar-refractivity contribution in [2.75, 3.05) is 11.9 Å². The molecule has 3 nitrogen and oxygen atoms in total. The van der Waals surface area contributed by atoms with E-state index in [9.17, 15) is 0 Å². The Balaban J connectivity index is 0.00000169. The fourth-order valence-corrected chi connectivity index (χ4v) is 0.999. The Hall–Kier alpha value is -0.740. The van der Waals surface area contributed by atoms with Crippen LogP contribution in [0, 0.1) is 5.41 Å². The molecule has 1 rings (SSSR count). The molecule has 0 saturated carbocycles. The van der Waals surface area contributed by atoms with Crippen molar-refractivity contribution in [3.05, 3.63) is 29.8 Å². The van der Waals surface area contributed by atoms with Gasteiger partial charge in [0.15, 0.2) is 0 Å². The molecule has 14 heavy (non-hydrogen) atoms. The minimum Gasteiger partial charge on any atom is -0.508 e. The summed E-state index contributed by atoms with van der Waals surface area (Å²) < 4.78 is 5.07. The first-order valence-electron chi connectivity index (χ1n) is 3.81. The van der Waals surface area contributed by atoms with Gasteiger partial charge in [0.25, 0.3) is 0 Å². The van der Waals surface area contributed by atoms with E-state index in [4.69, 9.17) is 15.3 Å². The number of phenolic OH excluding ortho intramolecular Hbond substituents is 1. The van der Waals surface area contributed by atoms with Crippen LogP contribution in [0.15, 0.2) is 24.3 Å². The summed E-state index contributed by atoms with van der Waals surface area (Å²) in [5, 5.41) is 17.2. The van der Waals surface area contributed by atoms with Crippen molar-refractivity contribution in [3.8, 4) is 5.75 Å². The van der Waals surface area contributed by atoms with Crippen LogP contribution in [0.1, 0.15) is 5.56 Å². The van der Waals surface area contributed by atoms with Gasteiger partial charge in [-0.3, -0.25) is 5.41 Å². The Labute approximate surface area is 97.1 Å². The van der Waals surface area contributed by atoms with Gasteiger partial charge < -0.3 is 9.84 Å². The molecule has 2 N–H and O–H groups in total. The van der Waals surface area contributed by atoms with Crippen LogP contribution in [0.5, 0.6) is 5.75 Å². The van der Waals surface area contributed by atoms with Crippen LogP contribution >= 0.6 is 28.3 Å². The van der Waals surface area contributed by atoms with Crippen molar-refractivity contribution in [2.45, 2.75) is 0 Å². The average Bonchev–Trinajstić information content (AvgIpc) is 2.15. The second-order valence-corrected chi connectivity index (χ2v) is 3.21. The molecule has 0 aliphatic carbocycles. The van der Waals surface area contributed by atoms with Gasteiger partial charge in [0.1, 0.15) is 5.75 Å². The number of halogens is 2. The van der Waals surface area contributed by atoms with E-state index in [1.165, 1.54) is 12.1 Å². The van der Waals surface area contributed by atoms with Gasteiger partial charge in [-0.2, -0.15) is 0 Å². The highest BCUT2D eigenvalue weighted by molar-refractivity contribution is 9.09. The summed E-state index contributed by atoms with van der Waals surface area (Å²) in [5.74, 6) is 0.316. The zero-order valence-electron chi connectivity index (χ0n) is 7.37. The maximum Gasteiger partial charge on any atom is 0.213 e. The summed E-state index contributed by atoms with van der Waals surface area (Å²) >= 11 is 3.20. The average molecular weight is 281 g/mol. The lowest BCUT2D eigenvalue weighted by molar-refractivity contribution is 0.330. The predicted octanol–water partition coefficient (Wildman–Crippen LogP) is 2.55. The maximum absolute atomic E-state index is 9.00. The number of nitrogens with one attached hydrogen (secondary N) is 1. The van der Waals surface area contributed by atoms with Gasteiger partial charge in [0.2, 0.25) is 5.90 Å². The molecule has 0 aliphatic rings. The third kappa shape index (κ3) is 3.98. The molecule has 0 fully saturated rings. The van der Waals surface area contributed by atoms with E-state index in [0.29, 0.717) is 17.5 Å². The quantitative estimate of drug-likeness (QED) is 0.508. The number of hydrogen-bond acceptors (Lipinski definition) is 3. The molecule has 1 aromatic rings. The smallest absolute Gasteiger partial charge is 0.213 e. The summed E-state index contributed by atoms with van der Waals surface area (Å²) in [6.45, 7) is 0.472. The zero-order valence-corrected chi connectivity index (χ0v) is 9.77. The van der Waals surface area contributed by atoms with E-state index in [1.54, 1.807) is 12.1 Å². The minimum atomic E-state index is 0. The van der Waals surface area contributed by atoms with Crippen molar-refractivity contribution in [3.63, 3.8) is 0 Å². The van der Waals surface area contributed by atoms with E-state index in [1.807, 2.05) is 0 Å². The van der Waals surface area contributed by atoms with Crippen molar-refractivity contribution < 1.29 is 9.84 Å². The second-order valence-electron chi connectivity index (χ2n) is 2.41. The fraction of sp³-hybridized carbons (Fsp3) is 0.222. The Bertz CT molecular complexity index is 289. The second kappa shape index (κ2) is 6.68. The Morgan fingerprint density at radius 3 is 2.43 bits per heavy atom. The highest BCUT2D eigenvalue weighted by Gasteiger charge is 2.01. The van der Waals surface area contributed by atoms with E-state index in [2.05, 4.69) is 15.9 Å². The number of alkyl halides is 1. The molecule has 0 bridgehead atoms. The van der Waals surface area contributed by atoms with Crippen LogP contribution < -0.4 is 0 Å². The lowest BCUT2D eigenvalue weighted by Gasteiger charge is -2.05. The largest absolute Gasteiger partial charge is 0.508 e. The lowest BCUT2D eigenvalue weighted by Crippen LogP contribution is -2.06. The highest BCUT2D eigenvalue weighted by atomic mass is 79.9. The van der Waals surface area contributed by atoms with E-state index >= 15 is 0 Å². The SMILES string of the molecule is Cl.N=C(OCCBr)c1ccc(O)cc1. The minimum absolute atomic E-state index is 0. The molecule has 0 unspecified atom stereocenters. The number of aromatic hydroxyl groups is 1. The molecule has 0 spiro atoms. The van der Waals surface area contributed by atoms with Crippen LogP contribution in [-0.2, 0) is 4.74 Å². The first-order chi connectivity index (χ1) is 6.24. The predicted molar refractivity (Wildman–Crippen MR) is 61.9 cm³/mol. The summed E-state index contributed by atoms with van der Waals surface area (Å²) in [5.41, 5.74) is 0.666. The zero-order chi connectivity index (χ0) is 9.68. The number of rotatable bonds is 3. The summed E-state index contributed by atoms with van der Waals surface area (Å²) in [4.78, 5) is 0. The van der Waals surface area contributed by atoms with E-state index < -0.39 is 0 Å². The van der Waals surface area contributed by atoms with Gasteiger partial charge in [-0.15, -0.1) is 12.4 Å².